The second kappa shape index (κ2) is 4.44. The van der Waals surface area contributed by atoms with Crippen molar-refractivity contribution in [2.24, 2.45) is 0 Å². The Morgan fingerprint density at radius 2 is 1.59 bits per heavy atom. The van der Waals surface area contributed by atoms with Crippen LogP contribution in [0.5, 0.6) is 0 Å². The molecule has 0 saturated heterocycles. The molecule has 17 heavy (non-hydrogen) atoms. The van der Waals surface area contributed by atoms with Crippen LogP contribution >= 0.6 is 79.6 Å². The van der Waals surface area contributed by atoms with Crippen LogP contribution in [0.3, 0.4) is 0 Å². The van der Waals surface area contributed by atoms with Gasteiger partial charge in [-0.1, -0.05) is 104 Å². The number of alkyl halides is 3. The molecule has 0 aliphatic heterocycles. The van der Waals surface area contributed by atoms with E-state index in [1.54, 1.807) is 0 Å². The SMILES string of the molecule is BrC1=C(Br)[C@]2(Br)[C@H](Br)c3ccccc3[C@H]1[C@H]2Br. The lowest BCUT2D eigenvalue weighted by Crippen LogP contribution is -2.39. The lowest BCUT2D eigenvalue weighted by molar-refractivity contribution is 0.623. The van der Waals surface area contributed by atoms with E-state index < -0.39 is 0 Å². The fraction of sp³-hybridized carbons (Fsp3) is 0.333. The van der Waals surface area contributed by atoms with Crippen LogP contribution in [0.4, 0.5) is 0 Å². The standard InChI is InChI=1S/C12H7Br5/c13-8-7-5-3-1-2-4-6(5)9(14)12(17,10(7)15)11(8)16/h1-4,7,9-10H/t7-,9-,10-,12+/m1/s1. The summed E-state index contributed by atoms with van der Waals surface area (Å²) < 4.78 is 2.30. The zero-order valence-electron chi connectivity index (χ0n) is 8.43. The lowest BCUT2D eigenvalue weighted by atomic mass is 9.81. The Hall–Kier alpha value is 1.36. The number of fused-ring (bicyclic) bond motifs is 4. The van der Waals surface area contributed by atoms with Gasteiger partial charge in [0.05, 0.1) is 9.15 Å². The summed E-state index contributed by atoms with van der Waals surface area (Å²) in [6, 6.07) is 8.61. The molecule has 0 unspecified atom stereocenters. The van der Waals surface area contributed by atoms with Gasteiger partial charge in [-0.15, -0.1) is 0 Å². The molecule has 0 spiro atoms. The van der Waals surface area contributed by atoms with E-state index >= 15 is 0 Å². The minimum atomic E-state index is -0.120. The third-order valence-corrected chi connectivity index (χ3v) is 11.6. The van der Waals surface area contributed by atoms with Crippen molar-refractivity contribution in [1.82, 2.24) is 0 Å². The van der Waals surface area contributed by atoms with Gasteiger partial charge < -0.3 is 0 Å². The quantitative estimate of drug-likeness (QED) is 0.341. The molecular formula is C12H7Br5. The minimum absolute atomic E-state index is 0.120. The van der Waals surface area contributed by atoms with E-state index in [2.05, 4.69) is 104 Å². The van der Waals surface area contributed by atoms with Crippen molar-refractivity contribution in [3.05, 3.63) is 44.4 Å². The molecule has 0 N–H and O–H groups in total. The van der Waals surface area contributed by atoms with E-state index in [9.17, 15) is 0 Å². The number of hydrogen-bond acceptors (Lipinski definition) is 0. The Morgan fingerprint density at radius 1 is 1.00 bits per heavy atom. The van der Waals surface area contributed by atoms with Crippen molar-refractivity contribution in [2.45, 2.75) is 19.9 Å². The Morgan fingerprint density at radius 3 is 2.24 bits per heavy atom. The molecule has 2 aliphatic rings. The van der Waals surface area contributed by atoms with E-state index in [1.165, 1.54) is 20.1 Å². The van der Waals surface area contributed by atoms with Gasteiger partial charge in [0.15, 0.2) is 0 Å². The van der Waals surface area contributed by atoms with Crippen LogP contribution in [0.25, 0.3) is 0 Å². The van der Waals surface area contributed by atoms with E-state index in [1.807, 2.05) is 0 Å². The molecule has 0 saturated carbocycles. The highest BCUT2D eigenvalue weighted by molar-refractivity contribution is 9.17. The first-order valence-electron chi connectivity index (χ1n) is 5.11. The number of allylic oxidation sites excluding steroid dienone is 2. The maximum atomic E-state index is 3.91. The van der Waals surface area contributed by atoms with Crippen molar-refractivity contribution in [3.8, 4) is 0 Å². The number of hydrogen-bond donors (Lipinski definition) is 0. The summed E-state index contributed by atoms with van der Waals surface area (Å²) in [5, 5.41) is 0. The van der Waals surface area contributed by atoms with Gasteiger partial charge in [0.2, 0.25) is 0 Å². The van der Waals surface area contributed by atoms with E-state index in [0.29, 0.717) is 10.7 Å². The molecule has 1 aromatic rings. The molecule has 0 amide bonds. The third kappa shape index (κ3) is 1.61. The molecule has 90 valence electrons. The highest BCUT2D eigenvalue weighted by Gasteiger charge is 2.58. The van der Waals surface area contributed by atoms with Crippen LogP contribution in [0, 0.1) is 0 Å². The molecule has 1 aromatic carbocycles. The second-order valence-electron chi connectivity index (χ2n) is 4.30. The van der Waals surface area contributed by atoms with Crippen molar-refractivity contribution >= 4 is 79.6 Å². The molecule has 2 aliphatic carbocycles. The van der Waals surface area contributed by atoms with Crippen LogP contribution in [-0.4, -0.2) is 9.15 Å². The Kier molecular flexibility index (Phi) is 3.48. The van der Waals surface area contributed by atoms with Gasteiger partial charge in [0.1, 0.15) is 0 Å². The van der Waals surface area contributed by atoms with Gasteiger partial charge in [-0.05, 0) is 11.1 Å². The Labute approximate surface area is 142 Å². The van der Waals surface area contributed by atoms with Gasteiger partial charge in [0, 0.05) is 19.7 Å². The molecule has 3 rings (SSSR count). The summed E-state index contributed by atoms with van der Waals surface area (Å²) >= 11 is 19.1. The average molecular weight is 551 g/mol. The van der Waals surface area contributed by atoms with E-state index in [4.69, 9.17) is 0 Å². The highest BCUT2D eigenvalue weighted by atomic mass is 79.9. The van der Waals surface area contributed by atoms with Crippen molar-refractivity contribution < 1.29 is 0 Å². The molecule has 0 fully saturated rings. The number of rotatable bonds is 0. The monoisotopic (exact) mass is 546 g/mol. The summed E-state index contributed by atoms with van der Waals surface area (Å²) in [7, 11) is 0. The first-order chi connectivity index (χ1) is 7.99. The molecule has 0 heterocycles. The van der Waals surface area contributed by atoms with Gasteiger partial charge in [-0.25, -0.2) is 0 Å². The third-order valence-electron chi connectivity index (χ3n) is 3.49. The molecule has 0 radical (unpaired) electrons. The fourth-order valence-corrected chi connectivity index (χ4v) is 8.46. The summed E-state index contributed by atoms with van der Waals surface area (Å²) in [6.45, 7) is 0. The number of benzene rings is 1. The lowest BCUT2D eigenvalue weighted by Gasteiger charge is -2.40. The van der Waals surface area contributed by atoms with Gasteiger partial charge in [-0.2, -0.15) is 0 Å². The number of halogens is 5. The molecule has 4 atom stereocenters. The molecular weight excluding hydrogens is 544 g/mol. The zero-order valence-corrected chi connectivity index (χ0v) is 16.4. The van der Waals surface area contributed by atoms with E-state index in [-0.39, 0.29) is 9.15 Å². The summed E-state index contributed by atoms with van der Waals surface area (Å²) in [5.41, 5.74) is 2.74. The first-order valence-corrected chi connectivity index (χ1v) is 9.32. The van der Waals surface area contributed by atoms with Crippen LogP contribution in [0.2, 0.25) is 0 Å². The Bertz CT molecular complexity index is 523. The van der Waals surface area contributed by atoms with Crippen LogP contribution in [0.1, 0.15) is 21.9 Å². The van der Waals surface area contributed by atoms with E-state index in [0.717, 1.165) is 0 Å². The normalized spacial score (nSPS) is 39.5. The van der Waals surface area contributed by atoms with Crippen LogP contribution in [-0.2, 0) is 0 Å². The zero-order chi connectivity index (χ0) is 12.4. The maximum absolute atomic E-state index is 3.91. The van der Waals surface area contributed by atoms with Crippen molar-refractivity contribution in [2.75, 3.05) is 0 Å². The predicted molar refractivity (Wildman–Crippen MR) is 90.1 cm³/mol. The fourth-order valence-electron chi connectivity index (χ4n) is 2.61. The van der Waals surface area contributed by atoms with Crippen molar-refractivity contribution in [3.63, 3.8) is 0 Å². The highest BCUT2D eigenvalue weighted by Crippen LogP contribution is 2.67. The average Bonchev–Trinajstić information content (AvgIpc) is 2.47. The molecule has 0 aromatic heterocycles. The topological polar surface area (TPSA) is 0 Å². The van der Waals surface area contributed by atoms with Crippen molar-refractivity contribution in [1.29, 1.82) is 0 Å². The van der Waals surface area contributed by atoms with Crippen LogP contribution in [0.15, 0.2) is 33.2 Å². The van der Waals surface area contributed by atoms with Gasteiger partial charge in [0.25, 0.3) is 0 Å². The second-order valence-corrected chi connectivity index (χ2v) is 9.16. The molecule has 0 nitrogen and oxygen atoms in total. The molecule has 2 bridgehead atoms. The summed E-state index contributed by atoms with van der Waals surface area (Å²) in [6.07, 6.45) is 0. The minimum Gasteiger partial charge on any atom is -0.0860 e. The van der Waals surface area contributed by atoms with Gasteiger partial charge in [-0.3, -0.25) is 0 Å². The van der Waals surface area contributed by atoms with Gasteiger partial charge >= 0.3 is 0 Å². The smallest absolute Gasteiger partial charge is 0.0860 e. The molecule has 5 heteroatoms. The first kappa shape index (κ1) is 13.3. The summed E-state index contributed by atoms with van der Waals surface area (Å²) in [5.74, 6) is 0.369. The summed E-state index contributed by atoms with van der Waals surface area (Å²) in [4.78, 5) is 0.578. The predicted octanol–water partition coefficient (Wildman–Crippen LogP) is 6.13. The van der Waals surface area contributed by atoms with Crippen LogP contribution < -0.4 is 0 Å². The Balaban J connectivity index is 2.32. The maximum Gasteiger partial charge on any atom is 0.0878 e. The largest absolute Gasteiger partial charge is 0.0878 e.